The fourth-order valence-corrected chi connectivity index (χ4v) is 1.76. The maximum atomic E-state index is 11.9. The van der Waals surface area contributed by atoms with E-state index in [9.17, 15) is 13.8 Å². The molecular weight excluding hydrogens is 224 g/mol. The molecule has 0 aliphatic carbocycles. The van der Waals surface area contributed by atoms with Gasteiger partial charge in [0.2, 0.25) is 0 Å². The second-order valence-electron chi connectivity index (χ2n) is 3.32. The Morgan fingerprint density at radius 1 is 1.33 bits per heavy atom. The Morgan fingerprint density at radius 3 is 2.20 bits per heavy atom. The minimum absolute atomic E-state index is 0.304. The minimum Gasteiger partial charge on any atom is -0.269 e. The second-order valence-corrected chi connectivity index (χ2v) is 3.76. The van der Waals surface area contributed by atoms with E-state index in [1.165, 1.54) is 0 Å². The number of rotatable bonds is 2. The largest absolute Gasteiger partial charge is 0.288 e. The zero-order valence-electron chi connectivity index (χ0n) is 8.35. The van der Waals surface area contributed by atoms with E-state index in [0.717, 1.165) is 11.1 Å². The van der Waals surface area contributed by atoms with Crippen molar-refractivity contribution in [2.24, 2.45) is 0 Å². The molecule has 0 radical (unpaired) electrons. The minimum atomic E-state index is -1.40. The second kappa shape index (κ2) is 4.57. The Bertz CT molecular complexity index is 370. The van der Waals surface area contributed by atoms with Gasteiger partial charge >= 0.3 is 0 Å². The molecule has 0 atom stereocenters. The lowest BCUT2D eigenvalue weighted by Gasteiger charge is -2.09. The average Bonchev–Trinajstić information content (AvgIpc) is 2.10. The van der Waals surface area contributed by atoms with Crippen molar-refractivity contribution in [3.05, 3.63) is 33.8 Å². The van der Waals surface area contributed by atoms with Crippen LogP contribution in [0.15, 0.2) is 12.1 Å². The van der Waals surface area contributed by atoms with Crippen LogP contribution in [0.4, 0.5) is 8.96 Å². The van der Waals surface area contributed by atoms with Crippen molar-refractivity contribution in [3.8, 4) is 0 Å². The van der Waals surface area contributed by atoms with Crippen molar-refractivity contribution >= 4 is 17.5 Å². The third kappa shape index (κ3) is 2.89. The van der Waals surface area contributed by atoms with Crippen molar-refractivity contribution in [2.75, 3.05) is 0 Å². The molecule has 0 bridgehead atoms. The molecule has 5 heteroatoms. The van der Waals surface area contributed by atoms with Gasteiger partial charge in [-0.1, -0.05) is 20.6 Å². The van der Waals surface area contributed by atoms with Crippen LogP contribution in [0.5, 0.6) is 0 Å². The Balaban J connectivity index is 3.00. The summed E-state index contributed by atoms with van der Waals surface area (Å²) >= 11 is 5.78. The van der Waals surface area contributed by atoms with Gasteiger partial charge in [0, 0.05) is 5.02 Å². The molecule has 0 N–H and O–H groups in total. The summed E-state index contributed by atoms with van der Waals surface area (Å²) in [5, 5.41) is -0.855. The molecule has 1 rings (SSSR count). The van der Waals surface area contributed by atoms with Crippen LogP contribution in [0.2, 0.25) is 5.02 Å². The third-order valence-electron chi connectivity index (χ3n) is 2.18. The maximum absolute atomic E-state index is 11.9. The Hall–Kier alpha value is -1.16. The first kappa shape index (κ1) is 11.9. The predicted molar refractivity (Wildman–Crippen MR) is 53.7 cm³/mol. The molecule has 0 spiro atoms. The summed E-state index contributed by atoms with van der Waals surface area (Å²) in [6, 6.07) is 3.30. The Morgan fingerprint density at radius 2 is 1.80 bits per heavy atom. The van der Waals surface area contributed by atoms with Gasteiger partial charge in [0.05, 0.1) is 6.42 Å². The topological polar surface area (TPSA) is 20.3 Å². The summed E-state index contributed by atoms with van der Waals surface area (Å²) in [6.07, 6.45) is -0.304. The normalized spacial score (nSPS) is 10.2. The summed E-state index contributed by atoms with van der Waals surface area (Å²) in [6.45, 7) is 3.48. The first-order chi connectivity index (χ1) is 6.91. The van der Waals surface area contributed by atoms with E-state index in [1.54, 1.807) is 26.0 Å². The standard InChI is InChI=1S/C10H10ClF2NO/c1-6-3-8(11)4-7(2)9(6)5-10(15)14(12)13/h3-4H,5H2,1-2H3. The first-order valence-corrected chi connectivity index (χ1v) is 4.69. The number of benzene rings is 1. The van der Waals surface area contributed by atoms with E-state index in [0.29, 0.717) is 10.6 Å². The molecular formula is C10H10ClF2NO. The van der Waals surface area contributed by atoms with Crippen LogP contribution >= 0.6 is 11.6 Å². The molecule has 0 aliphatic rings. The van der Waals surface area contributed by atoms with E-state index in [1.807, 2.05) is 0 Å². The zero-order chi connectivity index (χ0) is 11.6. The molecule has 15 heavy (non-hydrogen) atoms. The van der Waals surface area contributed by atoms with Gasteiger partial charge in [-0.25, -0.2) is 0 Å². The quantitative estimate of drug-likeness (QED) is 0.719. The van der Waals surface area contributed by atoms with Gasteiger partial charge < -0.3 is 0 Å². The van der Waals surface area contributed by atoms with Crippen LogP contribution in [0.3, 0.4) is 0 Å². The van der Waals surface area contributed by atoms with E-state index in [4.69, 9.17) is 11.6 Å². The van der Waals surface area contributed by atoms with Gasteiger partial charge in [0.15, 0.2) is 0 Å². The van der Waals surface area contributed by atoms with Crippen LogP contribution in [-0.4, -0.2) is 11.3 Å². The summed E-state index contributed by atoms with van der Waals surface area (Å²) in [5.41, 5.74) is 2.09. The molecule has 0 unspecified atom stereocenters. The van der Waals surface area contributed by atoms with Gasteiger partial charge in [-0.05, 0) is 48.0 Å². The molecule has 0 saturated heterocycles. The summed E-state index contributed by atoms with van der Waals surface area (Å²) in [5.74, 6) is -1.22. The lowest BCUT2D eigenvalue weighted by molar-refractivity contribution is -0.186. The number of nitrogens with zero attached hydrogens (tertiary/aromatic N) is 1. The lowest BCUT2D eigenvalue weighted by atomic mass is 10.00. The number of amides is 1. The smallest absolute Gasteiger partial charge is 0.269 e. The molecule has 0 fully saturated rings. The average molecular weight is 234 g/mol. The molecule has 82 valence electrons. The fourth-order valence-electron chi connectivity index (χ4n) is 1.43. The Kier molecular flexibility index (Phi) is 3.63. The van der Waals surface area contributed by atoms with Crippen molar-refractivity contribution in [1.82, 2.24) is 5.34 Å². The maximum Gasteiger partial charge on any atom is 0.288 e. The van der Waals surface area contributed by atoms with Crippen LogP contribution in [0.25, 0.3) is 0 Å². The van der Waals surface area contributed by atoms with Gasteiger partial charge in [-0.15, -0.1) is 0 Å². The summed E-state index contributed by atoms with van der Waals surface area (Å²) < 4.78 is 23.8. The fraction of sp³-hybridized carbons (Fsp3) is 0.300. The van der Waals surface area contributed by atoms with Crippen LogP contribution in [0, 0.1) is 13.8 Å². The number of hydrogen-bond acceptors (Lipinski definition) is 1. The SMILES string of the molecule is Cc1cc(Cl)cc(C)c1CC(=O)N(F)F. The lowest BCUT2D eigenvalue weighted by Crippen LogP contribution is -2.17. The van der Waals surface area contributed by atoms with Gasteiger partial charge in [0.1, 0.15) is 0 Å². The molecule has 2 nitrogen and oxygen atoms in total. The molecule has 0 aromatic heterocycles. The van der Waals surface area contributed by atoms with E-state index >= 15 is 0 Å². The summed E-state index contributed by atoms with van der Waals surface area (Å²) in [7, 11) is 0. The Labute approximate surface area is 91.3 Å². The predicted octanol–water partition coefficient (Wildman–Crippen LogP) is 3.10. The number of carbonyl (C=O) groups is 1. The van der Waals surface area contributed by atoms with Crippen LogP contribution < -0.4 is 0 Å². The third-order valence-corrected chi connectivity index (χ3v) is 2.40. The molecule has 1 aromatic rings. The molecule has 0 saturated carbocycles. The molecule has 1 aromatic carbocycles. The number of hydrogen-bond donors (Lipinski definition) is 0. The monoisotopic (exact) mass is 233 g/mol. The van der Waals surface area contributed by atoms with Gasteiger partial charge in [-0.2, -0.15) is 0 Å². The number of halogens is 3. The van der Waals surface area contributed by atoms with E-state index < -0.39 is 11.3 Å². The zero-order valence-corrected chi connectivity index (χ0v) is 9.11. The van der Waals surface area contributed by atoms with Gasteiger partial charge in [-0.3, -0.25) is 4.79 Å². The van der Waals surface area contributed by atoms with Crippen molar-refractivity contribution < 1.29 is 13.8 Å². The first-order valence-electron chi connectivity index (χ1n) is 4.32. The molecule has 0 heterocycles. The molecule has 1 amide bonds. The number of aryl methyl sites for hydroxylation is 2. The van der Waals surface area contributed by atoms with Crippen LogP contribution in [-0.2, 0) is 11.2 Å². The highest BCUT2D eigenvalue weighted by atomic mass is 35.5. The van der Waals surface area contributed by atoms with Crippen molar-refractivity contribution in [2.45, 2.75) is 20.3 Å². The highest BCUT2D eigenvalue weighted by molar-refractivity contribution is 6.30. The van der Waals surface area contributed by atoms with Gasteiger partial charge in [0.25, 0.3) is 5.91 Å². The van der Waals surface area contributed by atoms with Crippen LogP contribution in [0.1, 0.15) is 16.7 Å². The van der Waals surface area contributed by atoms with E-state index in [2.05, 4.69) is 0 Å². The van der Waals surface area contributed by atoms with Crippen molar-refractivity contribution in [3.63, 3.8) is 0 Å². The molecule has 0 aliphatic heterocycles. The summed E-state index contributed by atoms with van der Waals surface area (Å²) in [4.78, 5) is 10.8. The highest BCUT2D eigenvalue weighted by Crippen LogP contribution is 2.21. The highest BCUT2D eigenvalue weighted by Gasteiger charge is 2.15. The van der Waals surface area contributed by atoms with E-state index in [-0.39, 0.29) is 6.42 Å². The van der Waals surface area contributed by atoms with Crippen molar-refractivity contribution in [1.29, 1.82) is 0 Å². The number of carbonyl (C=O) groups excluding carboxylic acids is 1.